The lowest BCUT2D eigenvalue weighted by Crippen LogP contribution is -2.60. The molecule has 4 aliphatic heterocycles. The summed E-state index contributed by atoms with van der Waals surface area (Å²) < 4.78 is 55.9. The number of hydrogen-bond donors (Lipinski definition) is 5. The summed E-state index contributed by atoms with van der Waals surface area (Å²) in [7, 11) is -4.14. The van der Waals surface area contributed by atoms with E-state index in [1.165, 1.54) is 4.90 Å². The van der Waals surface area contributed by atoms with Crippen LogP contribution in [0.2, 0.25) is 0 Å². The number of aryl methyl sites for hydroxylation is 1. The molecule has 18 heteroatoms. The fourth-order valence-corrected chi connectivity index (χ4v) is 7.18. The maximum atomic E-state index is 13.1. The zero-order valence-corrected chi connectivity index (χ0v) is 30.3. The first kappa shape index (κ1) is 41.0. The van der Waals surface area contributed by atoms with E-state index in [1.807, 2.05) is 30.3 Å². The molecule has 51 heavy (non-hydrogen) atoms. The van der Waals surface area contributed by atoms with Crippen molar-refractivity contribution in [2.45, 2.75) is 126 Å². The lowest BCUT2D eigenvalue weighted by molar-refractivity contribution is -0.290. The highest BCUT2D eigenvalue weighted by Crippen LogP contribution is 2.47. The molecule has 288 valence electrons. The SMILES string of the molecule is CC1(C)O[C@@H]2[C@@H](CO[C@@]3(COS(N)(=O)=O)OC(C)(C)O[C@@H]23)O1.NCCCC[C@H](N[C@@H](CCc1ccccc1)C(=O)O)C(=O)N1CCC[C@H]1C(=O)O. The minimum absolute atomic E-state index is 0.165. The first-order chi connectivity index (χ1) is 23.9. The number of benzene rings is 1. The normalized spacial score (nSPS) is 28.9. The summed E-state index contributed by atoms with van der Waals surface area (Å²) >= 11 is 0. The van der Waals surface area contributed by atoms with E-state index < -0.39 is 76.5 Å². The number of carboxylic acid groups (broad SMARTS) is 2. The number of aliphatic carboxylic acids is 2. The Kier molecular flexibility index (Phi) is 13.6. The minimum Gasteiger partial charge on any atom is -0.480 e. The molecule has 4 fully saturated rings. The van der Waals surface area contributed by atoms with Crippen LogP contribution in [0.5, 0.6) is 0 Å². The number of ether oxygens (including phenoxy) is 5. The van der Waals surface area contributed by atoms with Crippen LogP contribution < -0.4 is 16.2 Å². The number of fused-ring (bicyclic) bond motifs is 3. The zero-order chi connectivity index (χ0) is 37.6. The Morgan fingerprint density at radius 3 is 2.35 bits per heavy atom. The van der Waals surface area contributed by atoms with Crippen molar-refractivity contribution in [1.82, 2.24) is 10.2 Å². The number of rotatable bonds is 15. The van der Waals surface area contributed by atoms with Gasteiger partial charge in [0.15, 0.2) is 11.6 Å². The maximum absolute atomic E-state index is 13.1. The summed E-state index contributed by atoms with van der Waals surface area (Å²) in [5.74, 6) is -5.56. The van der Waals surface area contributed by atoms with E-state index in [9.17, 15) is 33.0 Å². The van der Waals surface area contributed by atoms with E-state index in [-0.39, 0.29) is 18.6 Å². The molecule has 7 N–H and O–H groups in total. The summed E-state index contributed by atoms with van der Waals surface area (Å²) in [4.78, 5) is 37.7. The van der Waals surface area contributed by atoms with Gasteiger partial charge in [-0.25, -0.2) is 9.93 Å². The van der Waals surface area contributed by atoms with Gasteiger partial charge in [-0.1, -0.05) is 36.8 Å². The predicted molar refractivity (Wildman–Crippen MR) is 180 cm³/mol. The van der Waals surface area contributed by atoms with E-state index in [1.54, 1.807) is 27.7 Å². The average molecular weight is 745 g/mol. The van der Waals surface area contributed by atoms with Gasteiger partial charge in [0.2, 0.25) is 11.7 Å². The number of unbranched alkanes of at least 4 members (excludes halogenated alkanes) is 1. The molecule has 1 aromatic rings. The molecule has 17 nitrogen and oxygen atoms in total. The summed E-state index contributed by atoms with van der Waals surface area (Å²) in [5, 5.41) is 26.9. The van der Waals surface area contributed by atoms with Crippen LogP contribution in [0.3, 0.4) is 0 Å². The molecule has 1 aromatic carbocycles. The Morgan fingerprint density at radius 1 is 1.02 bits per heavy atom. The molecule has 5 rings (SSSR count). The van der Waals surface area contributed by atoms with Crippen LogP contribution in [0.1, 0.15) is 71.8 Å². The molecule has 7 atom stereocenters. The summed E-state index contributed by atoms with van der Waals surface area (Å²) in [6.45, 7) is 7.58. The quantitative estimate of drug-likeness (QED) is 0.156. The van der Waals surface area contributed by atoms with Gasteiger partial charge in [-0.15, -0.1) is 0 Å². The highest BCUT2D eigenvalue weighted by Gasteiger charge is 2.65. The van der Waals surface area contributed by atoms with Crippen molar-refractivity contribution < 1.29 is 60.9 Å². The molecule has 0 unspecified atom stereocenters. The molecular weight excluding hydrogens is 692 g/mol. The van der Waals surface area contributed by atoms with Crippen molar-refractivity contribution in [2.75, 3.05) is 26.3 Å². The van der Waals surface area contributed by atoms with Gasteiger partial charge in [-0.3, -0.25) is 19.1 Å². The van der Waals surface area contributed by atoms with E-state index in [0.717, 1.165) is 12.0 Å². The molecule has 4 heterocycles. The standard InChI is InChI=1S/C21H31N3O5.C12H21NO8S/c22-13-5-4-9-16(19(25)24-14-6-10-18(24)21(28)29)23-17(20(26)27)12-11-15-7-2-1-3-8-15;1-10(2)18-7-5-16-12(6-17-22(13,14)15)9(8(7)19-10)20-11(3,4)21-12/h1-3,7-8,16-18,23H,4-6,9-14,22H2,(H,26,27)(H,28,29);7-9H,5-6H2,1-4H3,(H2,13,14,15)/t16-,17-,18-;7-,8-,9+,12+/m01/s1. The van der Waals surface area contributed by atoms with Gasteiger partial charge in [-0.05, 0) is 78.3 Å². The molecule has 0 bridgehead atoms. The summed E-state index contributed by atoms with van der Waals surface area (Å²) in [6.07, 6.45) is 2.26. The second kappa shape index (κ2) is 16.9. The summed E-state index contributed by atoms with van der Waals surface area (Å²) in [5.41, 5.74) is 6.57. The van der Waals surface area contributed by atoms with Gasteiger partial charge in [0.1, 0.15) is 37.0 Å². The van der Waals surface area contributed by atoms with Crippen LogP contribution in [0.15, 0.2) is 30.3 Å². The van der Waals surface area contributed by atoms with E-state index in [2.05, 4.69) is 5.32 Å². The van der Waals surface area contributed by atoms with Gasteiger partial charge in [0.25, 0.3) is 0 Å². The highest BCUT2D eigenvalue weighted by molar-refractivity contribution is 7.84. The Balaban J connectivity index is 0.000000237. The van der Waals surface area contributed by atoms with Gasteiger partial charge in [-0.2, -0.15) is 8.42 Å². The Hall–Kier alpha value is -2.78. The molecule has 0 spiro atoms. The highest BCUT2D eigenvalue weighted by atomic mass is 32.2. The van der Waals surface area contributed by atoms with Crippen LogP contribution in [-0.2, 0) is 59.0 Å². The lowest BCUT2D eigenvalue weighted by Gasteiger charge is -2.40. The third-order valence-corrected chi connectivity index (χ3v) is 9.48. The molecule has 0 aromatic heterocycles. The van der Waals surface area contributed by atoms with Crippen molar-refractivity contribution in [1.29, 1.82) is 0 Å². The topological polar surface area (TPSA) is 248 Å². The van der Waals surface area contributed by atoms with E-state index >= 15 is 0 Å². The van der Waals surface area contributed by atoms with Gasteiger partial charge in [0.05, 0.1) is 12.6 Å². The Labute approximate surface area is 298 Å². The first-order valence-electron chi connectivity index (χ1n) is 17.2. The van der Waals surface area contributed by atoms with E-state index in [4.69, 9.17) is 38.7 Å². The summed E-state index contributed by atoms with van der Waals surface area (Å²) in [6, 6.07) is 7.10. The predicted octanol–water partition coefficient (Wildman–Crippen LogP) is 0.840. The third kappa shape index (κ3) is 11.1. The smallest absolute Gasteiger partial charge is 0.333 e. The van der Waals surface area contributed by atoms with Crippen LogP contribution in [0.4, 0.5) is 0 Å². The number of carbonyl (C=O) groups is 3. The number of carbonyl (C=O) groups excluding carboxylic acids is 1. The lowest BCUT2D eigenvalue weighted by atomic mass is 9.98. The molecule has 4 saturated heterocycles. The minimum atomic E-state index is -4.14. The number of hydrogen-bond acceptors (Lipinski definition) is 13. The third-order valence-electron chi connectivity index (χ3n) is 9.03. The molecule has 1 amide bonds. The number of amides is 1. The van der Waals surface area contributed by atoms with E-state index in [0.29, 0.717) is 51.6 Å². The first-order valence-corrected chi connectivity index (χ1v) is 18.6. The molecule has 0 aliphatic carbocycles. The monoisotopic (exact) mass is 744 g/mol. The zero-order valence-electron chi connectivity index (χ0n) is 29.5. The van der Waals surface area contributed by atoms with Crippen molar-refractivity contribution in [3.63, 3.8) is 0 Å². The number of likely N-dealkylation sites (tertiary alicyclic amines) is 1. The Morgan fingerprint density at radius 2 is 1.73 bits per heavy atom. The number of carboxylic acids is 2. The maximum Gasteiger partial charge on any atom is 0.333 e. The van der Waals surface area contributed by atoms with Gasteiger partial charge in [0, 0.05) is 6.54 Å². The number of nitrogens with two attached hydrogens (primary N) is 2. The van der Waals surface area contributed by atoms with Crippen molar-refractivity contribution in [3.05, 3.63) is 35.9 Å². The second-order valence-corrected chi connectivity index (χ2v) is 15.2. The average Bonchev–Trinajstić information content (AvgIpc) is 3.74. The van der Waals surface area contributed by atoms with Gasteiger partial charge >= 0.3 is 22.2 Å². The van der Waals surface area contributed by atoms with Crippen LogP contribution in [0, 0.1) is 0 Å². The molecular formula is C33H52N4O13S. The van der Waals surface area contributed by atoms with Crippen LogP contribution >= 0.6 is 0 Å². The van der Waals surface area contributed by atoms with Crippen LogP contribution in [0.25, 0.3) is 0 Å². The van der Waals surface area contributed by atoms with Crippen molar-refractivity contribution in [3.8, 4) is 0 Å². The fraction of sp³-hybridized carbons (Fsp3) is 0.727. The van der Waals surface area contributed by atoms with Crippen LogP contribution in [-0.4, -0.2) is 121 Å². The largest absolute Gasteiger partial charge is 0.480 e. The van der Waals surface area contributed by atoms with Crippen molar-refractivity contribution >= 4 is 28.1 Å². The van der Waals surface area contributed by atoms with Gasteiger partial charge < -0.3 is 44.5 Å². The molecule has 4 aliphatic rings. The molecule has 0 saturated carbocycles. The second-order valence-electron chi connectivity index (χ2n) is 14.0. The Bertz CT molecular complexity index is 1460. The fourth-order valence-electron chi connectivity index (χ4n) is 6.85. The number of nitrogens with zero attached hydrogens (tertiary/aromatic N) is 1. The number of nitrogens with one attached hydrogen (secondary N) is 1. The molecule has 0 radical (unpaired) electrons. The van der Waals surface area contributed by atoms with Crippen molar-refractivity contribution in [2.24, 2.45) is 10.9 Å².